The summed E-state index contributed by atoms with van der Waals surface area (Å²) in [5.41, 5.74) is 10.3. The Morgan fingerprint density at radius 3 is 2.90 bits per heavy atom. The van der Waals surface area contributed by atoms with Gasteiger partial charge in [0.1, 0.15) is 5.15 Å². The number of hydrogen-bond acceptors (Lipinski definition) is 3. The maximum Gasteiger partial charge on any atom is 0.129 e. The maximum atomic E-state index is 6.17. The summed E-state index contributed by atoms with van der Waals surface area (Å²) < 4.78 is 0. The van der Waals surface area contributed by atoms with Crippen molar-refractivity contribution in [3.8, 4) is 0 Å². The second kappa shape index (κ2) is 5.60. The molecule has 0 amide bonds. The summed E-state index contributed by atoms with van der Waals surface area (Å²) in [6.45, 7) is 2.49. The predicted octanol–water partition coefficient (Wildman–Crippen LogP) is 3.53. The van der Waals surface area contributed by atoms with Gasteiger partial charge >= 0.3 is 0 Å². The maximum absolute atomic E-state index is 6.17. The van der Waals surface area contributed by atoms with Gasteiger partial charge < -0.3 is 5.73 Å². The first-order chi connectivity index (χ1) is 9.63. The molecule has 3 nitrogen and oxygen atoms in total. The van der Waals surface area contributed by atoms with E-state index >= 15 is 0 Å². The van der Waals surface area contributed by atoms with Gasteiger partial charge in [0.15, 0.2) is 0 Å². The van der Waals surface area contributed by atoms with Gasteiger partial charge in [-0.15, -0.1) is 0 Å². The molecule has 0 bridgehead atoms. The van der Waals surface area contributed by atoms with Gasteiger partial charge in [0.25, 0.3) is 0 Å². The fourth-order valence-corrected chi connectivity index (χ4v) is 2.91. The SMILES string of the molecule is Nc1cccc2c1CN(Cc1nc(Cl)ccc1Cl)CC2. The molecule has 0 atom stereocenters. The molecule has 0 radical (unpaired) electrons. The molecule has 1 aromatic carbocycles. The minimum atomic E-state index is 0.473. The van der Waals surface area contributed by atoms with E-state index in [0.717, 1.165) is 30.9 Å². The average Bonchev–Trinajstić information content (AvgIpc) is 2.44. The molecule has 3 rings (SSSR count). The molecule has 104 valence electrons. The zero-order valence-corrected chi connectivity index (χ0v) is 12.5. The smallest absolute Gasteiger partial charge is 0.129 e. The highest BCUT2D eigenvalue weighted by Crippen LogP contribution is 2.26. The number of nitrogens with zero attached hydrogens (tertiary/aromatic N) is 2. The lowest BCUT2D eigenvalue weighted by atomic mass is 9.98. The number of benzene rings is 1. The summed E-state index contributed by atoms with van der Waals surface area (Å²) in [5.74, 6) is 0. The Bertz CT molecular complexity index is 643. The summed E-state index contributed by atoms with van der Waals surface area (Å²) in [6, 6.07) is 9.61. The van der Waals surface area contributed by atoms with Crippen LogP contribution in [0.3, 0.4) is 0 Å². The average molecular weight is 308 g/mol. The Labute approximate surface area is 128 Å². The van der Waals surface area contributed by atoms with Crippen molar-refractivity contribution in [2.45, 2.75) is 19.5 Å². The zero-order chi connectivity index (χ0) is 14.1. The zero-order valence-electron chi connectivity index (χ0n) is 10.9. The van der Waals surface area contributed by atoms with Gasteiger partial charge in [0.2, 0.25) is 0 Å². The Balaban J connectivity index is 1.81. The van der Waals surface area contributed by atoms with E-state index in [1.165, 1.54) is 11.1 Å². The lowest BCUT2D eigenvalue weighted by molar-refractivity contribution is 0.243. The highest BCUT2D eigenvalue weighted by atomic mass is 35.5. The van der Waals surface area contributed by atoms with Crippen LogP contribution >= 0.6 is 23.2 Å². The van der Waals surface area contributed by atoms with Crippen LogP contribution in [-0.2, 0) is 19.5 Å². The second-order valence-corrected chi connectivity index (χ2v) is 5.80. The first-order valence-electron chi connectivity index (χ1n) is 6.53. The van der Waals surface area contributed by atoms with Gasteiger partial charge in [-0.25, -0.2) is 4.98 Å². The third-order valence-corrected chi connectivity index (χ3v) is 4.20. The van der Waals surface area contributed by atoms with Gasteiger partial charge in [-0.3, -0.25) is 4.90 Å². The molecule has 1 aliphatic heterocycles. The molecule has 2 heterocycles. The number of aromatic nitrogens is 1. The Kier molecular flexibility index (Phi) is 3.83. The van der Waals surface area contributed by atoms with E-state index in [2.05, 4.69) is 16.0 Å². The topological polar surface area (TPSA) is 42.1 Å². The van der Waals surface area contributed by atoms with Crippen LogP contribution in [0.25, 0.3) is 0 Å². The van der Waals surface area contributed by atoms with Crippen molar-refractivity contribution in [3.63, 3.8) is 0 Å². The third kappa shape index (κ3) is 2.75. The van der Waals surface area contributed by atoms with Gasteiger partial charge in [0.05, 0.1) is 10.7 Å². The van der Waals surface area contributed by atoms with Crippen LogP contribution in [0.5, 0.6) is 0 Å². The van der Waals surface area contributed by atoms with Crippen molar-refractivity contribution in [2.24, 2.45) is 0 Å². The fraction of sp³-hybridized carbons (Fsp3) is 0.267. The van der Waals surface area contributed by atoms with Crippen LogP contribution in [0.2, 0.25) is 10.2 Å². The molecule has 0 aliphatic carbocycles. The van der Waals surface area contributed by atoms with Crippen molar-refractivity contribution in [1.29, 1.82) is 0 Å². The van der Waals surface area contributed by atoms with E-state index < -0.39 is 0 Å². The first-order valence-corrected chi connectivity index (χ1v) is 7.28. The molecule has 1 aromatic heterocycles. The molecule has 0 spiro atoms. The van der Waals surface area contributed by atoms with E-state index in [-0.39, 0.29) is 0 Å². The number of nitrogens with two attached hydrogens (primary N) is 1. The van der Waals surface area contributed by atoms with Crippen molar-refractivity contribution in [2.75, 3.05) is 12.3 Å². The van der Waals surface area contributed by atoms with E-state index in [9.17, 15) is 0 Å². The van der Waals surface area contributed by atoms with Crippen molar-refractivity contribution < 1.29 is 0 Å². The first kappa shape index (κ1) is 13.7. The third-order valence-electron chi connectivity index (χ3n) is 3.65. The Hall–Kier alpha value is -1.29. The Morgan fingerprint density at radius 1 is 1.20 bits per heavy atom. The summed E-state index contributed by atoms with van der Waals surface area (Å²) in [6.07, 6.45) is 0.999. The van der Waals surface area contributed by atoms with Crippen molar-refractivity contribution in [1.82, 2.24) is 9.88 Å². The van der Waals surface area contributed by atoms with Crippen molar-refractivity contribution >= 4 is 28.9 Å². The summed E-state index contributed by atoms with van der Waals surface area (Å²) in [5, 5.41) is 1.13. The van der Waals surface area contributed by atoms with Crippen LogP contribution in [0, 0.1) is 0 Å². The van der Waals surface area contributed by atoms with Gasteiger partial charge in [-0.1, -0.05) is 35.3 Å². The van der Waals surface area contributed by atoms with Gasteiger partial charge in [-0.05, 0) is 35.7 Å². The highest BCUT2D eigenvalue weighted by molar-refractivity contribution is 6.32. The van der Waals surface area contributed by atoms with E-state index in [0.29, 0.717) is 16.7 Å². The number of fused-ring (bicyclic) bond motifs is 1. The molecular formula is C15H15Cl2N3. The second-order valence-electron chi connectivity index (χ2n) is 5.01. The quantitative estimate of drug-likeness (QED) is 0.682. The summed E-state index contributed by atoms with van der Waals surface area (Å²) in [7, 11) is 0. The van der Waals surface area contributed by atoms with Gasteiger partial charge in [0, 0.05) is 25.3 Å². The highest BCUT2D eigenvalue weighted by Gasteiger charge is 2.19. The Morgan fingerprint density at radius 2 is 2.05 bits per heavy atom. The van der Waals surface area contributed by atoms with Crippen LogP contribution in [0.4, 0.5) is 5.69 Å². The minimum absolute atomic E-state index is 0.473. The van der Waals surface area contributed by atoms with Crippen LogP contribution in [0.15, 0.2) is 30.3 Å². The molecule has 5 heteroatoms. The molecule has 0 fully saturated rings. The fourth-order valence-electron chi connectivity index (χ4n) is 2.58. The number of anilines is 1. The number of hydrogen-bond donors (Lipinski definition) is 1. The van der Waals surface area contributed by atoms with Crippen LogP contribution in [-0.4, -0.2) is 16.4 Å². The molecule has 0 saturated heterocycles. The normalized spacial score (nSPS) is 15.1. The molecule has 0 saturated carbocycles. The molecule has 1 aliphatic rings. The van der Waals surface area contributed by atoms with Gasteiger partial charge in [-0.2, -0.15) is 0 Å². The largest absolute Gasteiger partial charge is 0.398 e. The summed E-state index contributed by atoms with van der Waals surface area (Å²) >= 11 is 12.1. The number of pyridine rings is 1. The van der Waals surface area contributed by atoms with Crippen LogP contribution < -0.4 is 5.73 Å². The number of halogens is 2. The molecule has 20 heavy (non-hydrogen) atoms. The lowest BCUT2D eigenvalue weighted by Crippen LogP contribution is -2.31. The number of rotatable bonds is 2. The minimum Gasteiger partial charge on any atom is -0.398 e. The lowest BCUT2D eigenvalue weighted by Gasteiger charge is -2.29. The molecular weight excluding hydrogens is 293 g/mol. The number of nitrogen functional groups attached to an aromatic ring is 1. The molecule has 2 N–H and O–H groups in total. The van der Waals surface area contributed by atoms with E-state index in [4.69, 9.17) is 28.9 Å². The molecule has 2 aromatic rings. The van der Waals surface area contributed by atoms with Crippen LogP contribution in [0.1, 0.15) is 16.8 Å². The molecule has 0 unspecified atom stereocenters. The predicted molar refractivity (Wildman–Crippen MR) is 82.9 cm³/mol. The van der Waals surface area contributed by atoms with E-state index in [1.54, 1.807) is 12.1 Å². The standard InChI is InChI=1S/C15H15Cl2N3/c16-12-4-5-15(17)19-14(12)9-20-7-6-10-2-1-3-13(18)11(10)8-20/h1-5H,6-9,18H2. The summed E-state index contributed by atoms with van der Waals surface area (Å²) in [4.78, 5) is 6.60. The van der Waals surface area contributed by atoms with E-state index in [1.807, 2.05) is 12.1 Å². The monoisotopic (exact) mass is 307 g/mol. The van der Waals surface area contributed by atoms with Crippen molar-refractivity contribution in [3.05, 3.63) is 57.3 Å².